The minimum absolute atomic E-state index is 0.0155. The standard InChI is InChI=1S/C21H22N2O/c1-16(19-14-8-10-17-9-6-7-13-20(17)19)22-21(24)15-23(2)18-11-4-3-5-12-18/h3-14,16H,15H2,1-2H3,(H,22,24)/t16-/m0/s1. The molecule has 0 aliphatic rings. The highest BCUT2D eigenvalue weighted by Gasteiger charge is 2.13. The zero-order valence-electron chi connectivity index (χ0n) is 14.1. The van der Waals surface area contributed by atoms with Crippen LogP contribution in [0.2, 0.25) is 0 Å². The van der Waals surface area contributed by atoms with Gasteiger partial charge in [0.25, 0.3) is 0 Å². The zero-order chi connectivity index (χ0) is 16.9. The first-order valence-electron chi connectivity index (χ1n) is 8.18. The Hall–Kier alpha value is -2.81. The summed E-state index contributed by atoms with van der Waals surface area (Å²) in [5, 5.41) is 5.48. The van der Waals surface area contributed by atoms with E-state index in [9.17, 15) is 4.79 Å². The van der Waals surface area contributed by atoms with Gasteiger partial charge < -0.3 is 10.2 Å². The first-order chi connectivity index (χ1) is 11.6. The molecule has 3 aromatic rings. The predicted molar refractivity (Wildman–Crippen MR) is 100 cm³/mol. The number of para-hydroxylation sites is 1. The third kappa shape index (κ3) is 3.57. The van der Waals surface area contributed by atoms with Crippen LogP contribution in [-0.4, -0.2) is 19.5 Å². The van der Waals surface area contributed by atoms with Gasteiger partial charge in [-0.25, -0.2) is 0 Å². The van der Waals surface area contributed by atoms with Crippen LogP contribution in [0.25, 0.3) is 10.8 Å². The average Bonchev–Trinajstić information content (AvgIpc) is 2.61. The van der Waals surface area contributed by atoms with Crippen molar-refractivity contribution in [1.82, 2.24) is 5.32 Å². The van der Waals surface area contributed by atoms with Crippen molar-refractivity contribution in [1.29, 1.82) is 0 Å². The fourth-order valence-electron chi connectivity index (χ4n) is 2.98. The van der Waals surface area contributed by atoms with Gasteiger partial charge in [0.1, 0.15) is 0 Å². The molecule has 3 nitrogen and oxygen atoms in total. The van der Waals surface area contributed by atoms with Crippen LogP contribution in [0.4, 0.5) is 5.69 Å². The molecule has 0 bridgehead atoms. The van der Waals surface area contributed by atoms with Crippen molar-refractivity contribution in [3.63, 3.8) is 0 Å². The molecular formula is C21H22N2O. The maximum Gasteiger partial charge on any atom is 0.239 e. The Bertz CT molecular complexity index is 824. The fraction of sp³-hybridized carbons (Fsp3) is 0.190. The molecule has 0 radical (unpaired) electrons. The number of hydrogen-bond acceptors (Lipinski definition) is 2. The predicted octanol–water partition coefficient (Wildman–Crippen LogP) is 4.15. The molecule has 122 valence electrons. The molecule has 3 aromatic carbocycles. The largest absolute Gasteiger partial charge is 0.365 e. The summed E-state index contributed by atoms with van der Waals surface area (Å²) in [5.74, 6) is 0.0155. The van der Waals surface area contributed by atoms with Crippen LogP contribution in [0.15, 0.2) is 72.8 Å². The molecule has 0 aliphatic carbocycles. The van der Waals surface area contributed by atoms with E-state index in [1.807, 2.05) is 67.4 Å². The number of nitrogens with zero attached hydrogens (tertiary/aromatic N) is 1. The second kappa shape index (κ2) is 7.18. The molecule has 3 heteroatoms. The van der Waals surface area contributed by atoms with Crippen molar-refractivity contribution in [3.05, 3.63) is 78.4 Å². The van der Waals surface area contributed by atoms with Gasteiger partial charge in [-0.2, -0.15) is 0 Å². The van der Waals surface area contributed by atoms with Crippen LogP contribution < -0.4 is 10.2 Å². The van der Waals surface area contributed by atoms with Gasteiger partial charge in [-0.3, -0.25) is 4.79 Å². The maximum absolute atomic E-state index is 12.4. The topological polar surface area (TPSA) is 32.3 Å². The number of likely N-dealkylation sites (N-methyl/N-ethyl adjacent to an activating group) is 1. The average molecular weight is 318 g/mol. The molecule has 0 spiro atoms. The van der Waals surface area contributed by atoms with Crippen LogP contribution in [-0.2, 0) is 4.79 Å². The SMILES string of the molecule is C[C@H](NC(=O)CN(C)c1ccccc1)c1cccc2ccccc12. The Labute approximate surface area is 142 Å². The van der Waals surface area contributed by atoms with E-state index in [2.05, 4.69) is 29.6 Å². The van der Waals surface area contributed by atoms with Gasteiger partial charge in [0.05, 0.1) is 12.6 Å². The van der Waals surface area contributed by atoms with Gasteiger partial charge in [-0.1, -0.05) is 60.7 Å². The van der Waals surface area contributed by atoms with Crippen LogP contribution in [0.5, 0.6) is 0 Å². The van der Waals surface area contributed by atoms with Gasteiger partial charge in [-0.15, -0.1) is 0 Å². The monoisotopic (exact) mass is 318 g/mol. The van der Waals surface area contributed by atoms with E-state index in [4.69, 9.17) is 0 Å². The summed E-state index contributed by atoms with van der Waals surface area (Å²) in [6, 6.07) is 24.4. The molecular weight excluding hydrogens is 296 g/mol. The number of carbonyl (C=O) groups excluding carboxylic acids is 1. The first kappa shape index (κ1) is 16.1. The summed E-state index contributed by atoms with van der Waals surface area (Å²) in [7, 11) is 1.93. The summed E-state index contributed by atoms with van der Waals surface area (Å²) in [6.45, 7) is 2.36. The van der Waals surface area contributed by atoms with Crippen LogP contribution >= 0.6 is 0 Å². The molecule has 24 heavy (non-hydrogen) atoms. The van der Waals surface area contributed by atoms with Crippen molar-refractivity contribution in [2.75, 3.05) is 18.5 Å². The van der Waals surface area contributed by atoms with Crippen LogP contribution in [0, 0.1) is 0 Å². The number of rotatable bonds is 5. The highest BCUT2D eigenvalue weighted by Crippen LogP contribution is 2.24. The van der Waals surface area contributed by atoms with E-state index < -0.39 is 0 Å². The van der Waals surface area contributed by atoms with E-state index in [-0.39, 0.29) is 11.9 Å². The smallest absolute Gasteiger partial charge is 0.239 e. The lowest BCUT2D eigenvalue weighted by atomic mass is 10.00. The van der Waals surface area contributed by atoms with Crippen LogP contribution in [0.3, 0.4) is 0 Å². The molecule has 0 saturated heterocycles. The second-order valence-corrected chi connectivity index (χ2v) is 6.05. The highest BCUT2D eigenvalue weighted by molar-refractivity contribution is 5.87. The summed E-state index contributed by atoms with van der Waals surface area (Å²) in [6.07, 6.45) is 0. The number of carbonyl (C=O) groups is 1. The fourth-order valence-corrected chi connectivity index (χ4v) is 2.98. The summed E-state index contributed by atoms with van der Waals surface area (Å²) >= 11 is 0. The normalized spacial score (nSPS) is 11.9. The van der Waals surface area contributed by atoms with Gasteiger partial charge in [0.2, 0.25) is 5.91 Å². The van der Waals surface area contributed by atoms with E-state index >= 15 is 0 Å². The molecule has 3 rings (SSSR count). The quantitative estimate of drug-likeness (QED) is 0.766. The summed E-state index contributed by atoms with van der Waals surface area (Å²) in [5.41, 5.74) is 2.18. The van der Waals surface area contributed by atoms with Gasteiger partial charge in [0.15, 0.2) is 0 Å². The number of fused-ring (bicyclic) bond motifs is 1. The number of anilines is 1. The van der Waals surface area contributed by atoms with Crippen molar-refractivity contribution in [2.45, 2.75) is 13.0 Å². The van der Waals surface area contributed by atoms with Crippen molar-refractivity contribution in [2.24, 2.45) is 0 Å². The molecule has 0 saturated carbocycles. The van der Waals surface area contributed by atoms with Crippen molar-refractivity contribution in [3.8, 4) is 0 Å². The number of hydrogen-bond donors (Lipinski definition) is 1. The van der Waals surface area contributed by atoms with Crippen molar-refractivity contribution >= 4 is 22.4 Å². The van der Waals surface area contributed by atoms with E-state index in [0.29, 0.717) is 6.54 Å². The van der Waals surface area contributed by atoms with Gasteiger partial charge in [-0.05, 0) is 35.4 Å². The maximum atomic E-state index is 12.4. The van der Waals surface area contributed by atoms with Gasteiger partial charge in [0, 0.05) is 12.7 Å². The first-order valence-corrected chi connectivity index (χ1v) is 8.18. The van der Waals surface area contributed by atoms with Crippen molar-refractivity contribution < 1.29 is 4.79 Å². The zero-order valence-corrected chi connectivity index (χ0v) is 14.1. The lowest BCUT2D eigenvalue weighted by Gasteiger charge is -2.21. The molecule has 0 aliphatic heterocycles. The molecule has 1 N–H and O–H groups in total. The second-order valence-electron chi connectivity index (χ2n) is 6.05. The Morgan fingerprint density at radius 1 is 0.958 bits per heavy atom. The summed E-state index contributed by atoms with van der Waals surface area (Å²) in [4.78, 5) is 14.3. The van der Waals surface area contributed by atoms with Gasteiger partial charge >= 0.3 is 0 Å². The van der Waals surface area contributed by atoms with E-state index in [1.54, 1.807) is 0 Å². The molecule has 0 fully saturated rings. The number of benzene rings is 3. The highest BCUT2D eigenvalue weighted by atomic mass is 16.2. The minimum atomic E-state index is -0.0345. The lowest BCUT2D eigenvalue weighted by Crippen LogP contribution is -2.36. The third-order valence-electron chi connectivity index (χ3n) is 4.25. The Morgan fingerprint density at radius 2 is 1.62 bits per heavy atom. The van der Waals surface area contributed by atoms with Crippen LogP contribution in [0.1, 0.15) is 18.5 Å². The number of nitrogens with one attached hydrogen (secondary N) is 1. The lowest BCUT2D eigenvalue weighted by molar-refractivity contribution is -0.120. The summed E-state index contributed by atoms with van der Waals surface area (Å²) < 4.78 is 0. The minimum Gasteiger partial charge on any atom is -0.365 e. The molecule has 0 heterocycles. The molecule has 0 unspecified atom stereocenters. The Morgan fingerprint density at radius 3 is 2.42 bits per heavy atom. The Kier molecular flexibility index (Phi) is 4.80. The van der Waals surface area contributed by atoms with E-state index in [1.165, 1.54) is 10.8 Å². The molecule has 0 aromatic heterocycles. The number of amides is 1. The molecule has 1 atom stereocenters. The van der Waals surface area contributed by atoms with E-state index in [0.717, 1.165) is 11.3 Å². The third-order valence-corrected chi connectivity index (χ3v) is 4.25. The molecule has 1 amide bonds. The Balaban J connectivity index is 1.70.